The van der Waals surface area contributed by atoms with Crippen LogP contribution in [0.15, 0.2) is 158 Å². The molecule has 0 radical (unpaired) electrons. The summed E-state index contributed by atoms with van der Waals surface area (Å²) in [7, 11) is 0. The first-order valence-corrected chi connectivity index (χ1v) is 27.7. The first kappa shape index (κ1) is 46.9. The van der Waals surface area contributed by atoms with Crippen LogP contribution in [-0.4, -0.2) is 11.3 Å². The summed E-state index contributed by atoms with van der Waals surface area (Å²) < 4.78 is 5.34. The lowest BCUT2D eigenvalue weighted by atomic mass is 9.33. The van der Waals surface area contributed by atoms with Gasteiger partial charge in [0.15, 0.2) is 0 Å². The standard InChI is InChI=1S/C69H68BN3S/c1-65(2,3)41-26-30-45(31-27-41)71(46-32-28-42(29-33-46)66(4,5)6)47-34-35-52-55(40-47)72(54-23-19-25-59-60(54)49-21-16-18-24-58(49)74-59)56-38-44(68(10,11)12)39-57-62(56)70(52)53-37-43(67(7,8)9)36-50-61-64(73(57)63(50)53)48-20-15-17-22-51(48)69(61,13)14/h15-40H,1-14H3. The summed E-state index contributed by atoms with van der Waals surface area (Å²) in [6, 6.07) is 61.6. The molecule has 13 rings (SSSR count). The molecule has 0 N–H and O–H groups in total. The Labute approximate surface area is 443 Å². The van der Waals surface area contributed by atoms with Crippen molar-refractivity contribution in [1.29, 1.82) is 0 Å². The number of anilines is 6. The van der Waals surface area contributed by atoms with Crippen LogP contribution in [0, 0.1) is 0 Å². The Morgan fingerprint density at radius 3 is 1.68 bits per heavy atom. The molecule has 10 aromatic rings. The predicted octanol–water partition coefficient (Wildman–Crippen LogP) is 17.6. The van der Waals surface area contributed by atoms with Crippen molar-refractivity contribution in [2.45, 2.75) is 124 Å². The molecule has 368 valence electrons. The van der Waals surface area contributed by atoms with Gasteiger partial charge in [0.05, 0.1) is 11.4 Å². The van der Waals surface area contributed by atoms with Gasteiger partial charge >= 0.3 is 0 Å². The summed E-state index contributed by atoms with van der Waals surface area (Å²) in [4.78, 5) is 5.17. The van der Waals surface area contributed by atoms with Gasteiger partial charge in [-0.3, -0.25) is 0 Å². The minimum Gasteiger partial charge on any atom is -0.311 e. The van der Waals surface area contributed by atoms with E-state index >= 15 is 0 Å². The maximum atomic E-state index is 2.73. The minimum atomic E-state index is -0.192. The summed E-state index contributed by atoms with van der Waals surface area (Å²) in [5, 5.41) is 3.99. The number of aromatic nitrogens is 1. The maximum Gasteiger partial charge on any atom is 0.252 e. The van der Waals surface area contributed by atoms with E-state index in [-0.39, 0.29) is 33.8 Å². The van der Waals surface area contributed by atoms with E-state index in [0.29, 0.717) is 0 Å². The van der Waals surface area contributed by atoms with Crippen molar-refractivity contribution in [3.63, 3.8) is 0 Å². The Morgan fingerprint density at radius 1 is 0.459 bits per heavy atom. The number of rotatable bonds is 4. The predicted molar refractivity (Wildman–Crippen MR) is 323 cm³/mol. The summed E-state index contributed by atoms with van der Waals surface area (Å²) in [5.74, 6) is 0. The van der Waals surface area contributed by atoms with Gasteiger partial charge in [-0.1, -0.05) is 182 Å². The van der Waals surface area contributed by atoms with Crippen LogP contribution in [0.2, 0.25) is 0 Å². The van der Waals surface area contributed by atoms with Crippen molar-refractivity contribution >= 4 is 99.6 Å². The fourth-order valence-electron chi connectivity index (χ4n) is 12.9. The van der Waals surface area contributed by atoms with E-state index in [1.165, 1.54) is 115 Å². The molecule has 74 heavy (non-hydrogen) atoms. The van der Waals surface area contributed by atoms with Crippen molar-refractivity contribution < 1.29 is 0 Å². The molecule has 0 bridgehead atoms. The number of hydrogen-bond acceptors (Lipinski definition) is 3. The van der Waals surface area contributed by atoms with Crippen LogP contribution >= 0.6 is 11.3 Å². The molecule has 2 aliphatic heterocycles. The number of hydrogen-bond donors (Lipinski definition) is 0. The molecule has 1 aliphatic carbocycles. The Morgan fingerprint density at radius 2 is 1.03 bits per heavy atom. The van der Waals surface area contributed by atoms with E-state index in [4.69, 9.17) is 0 Å². The highest BCUT2D eigenvalue weighted by molar-refractivity contribution is 7.26. The van der Waals surface area contributed by atoms with Gasteiger partial charge in [-0.15, -0.1) is 11.3 Å². The van der Waals surface area contributed by atoms with Gasteiger partial charge in [-0.25, -0.2) is 0 Å². The Hall–Kier alpha value is -6.82. The molecule has 5 heteroatoms. The van der Waals surface area contributed by atoms with E-state index in [1.54, 1.807) is 0 Å². The average Bonchev–Trinajstić information content (AvgIpc) is 4.04. The van der Waals surface area contributed by atoms with Crippen LogP contribution in [-0.2, 0) is 27.1 Å². The quantitative estimate of drug-likeness (QED) is 0.163. The molecule has 0 atom stereocenters. The van der Waals surface area contributed by atoms with E-state index in [1.807, 2.05) is 11.3 Å². The summed E-state index contributed by atoms with van der Waals surface area (Å²) >= 11 is 1.90. The molecular weight excluding hydrogens is 914 g/mol. The van der Waals surface area contributed by atoms with Crippen molar-refractivity contribution in [2.75, 3.05) is 9.80 Å². The molecule has 0 saturated heterocycles. The van der Waals surface area contributed by atoms with Crippen LogP contribution in [0.3, 0.4) is 0 Å². The van der Waals surface area contributed by atoms with Crippen molar-refractivity contribution in [1.82, 2.24) is 4.57 Å². The topological polar surface area (TPSA) is 11.4 Å². The van der Waals surface area contributed by atoms with Gasteiger partial charge in [0.2, 0.25) is 0 Å². The normalized spacial score (nSPS) is 14.7. The number of fused-ring (bicyclic) bond motifs is 12. The van der Waals surface area contributed by atoms with Gasteiger partial charge in [0.25, 0.3) is 6.71 Å². The molecular formula is C69H68BN3S. The Bertz CT molecular complexity index is 3910. The zero-order valence-corrected chi connectivity index (χ0v) is 46.7. The summed E-state index contributed by atoms with van der Waals surface area (Å²) in [6.45, 7) is 33.0. The zero-order chi connectivity index (χ0) is 51.8. The fourth-order valence-corrected chi connectivity index (χ4v) is 14.0. The van der Waals surface area contributed by atoms with Crippen LogP contribution in [0.4, 0.5) is 34.1 Å². The van der Waals surface area contributed by atoms with Crippen LogP contribution in [0.5, 0.6) is 0 Å². The fraction of sp³-hybridized carbons (Fsp3) is 0.275. The molecule has 3 nitrogen and oxygen atoms in total. The molecule has 8 aromatic carbocycles. The van der Waals surface area contributed by atoms with Crippen LogP contribution in [0.1, 0.15) is 130 Å². The highest BCUT2D eigenvalue weighted by Crippen LogP contribution is 2.56. The largest absolute Gasteiger partial charge is 0.311 e. The smallest absolute Gasteiger partial charge is 0.252 e. The molecule has 4 heterocycles. The summed E-state index contributed by atoms with van der Waals surface area (Å²) in [5.41, 5.74) is 24.4. The SMILES string of the molecule is CC(C)(C)c1ccc(N(c2ccc(C(C)(C)C)cc2)c2ccc3c(c2)N(c2cccc4sc5ccccc5c24)c2cc(C(C)(C)C)cc4c2B3c2cc(C(C)(C)C)cc3c5c(n-4c23)-c2ccccc2C5(C)C)cc1. The highest BCUT2D eigenvalue weighted by Gasteiger charge is 2.48. The van der Waals surface area contributed by atoms with Crippen molar-refractivity contribution in [3.05, 3.63) is 191 Å². The third kappa shape index (κ3) is 6.84. The third-order valence-corrected chi connectivity index (χ3v) is 18.1. The van der Waals surface area contributed by atoms with E-state index in [2.05, 4.69) is 269 Å². The van der Waals surface area contributed by atoms with Gasteiger partial charge in [-0.2, -0.15) is 0 Å². The Kier molecular flexibility index (Phi) is 9.91. The van der Waals surface area contributed by atoms with E-state index in [9.17, 15) is 0 Å². The molecule has 0 saturated carbocycles. The second-order valence-corrected chi connectivity index (χ2v) is 27.4. The second-order valence-electron chi connectivity index (χ2n) is 26.3. The van der Waals surface area contributed by atoms with Crippen molar-refractivity contribution in [3.8, 4) is 16.9 Å². The minimum absolute atomic E-state index is 0.0241. The van der Waals surface area contributed by atoms with Gasteiger partial charge in [0.1, 0.15) is 0 Å². The second kappa shape index (κ2) is 15.6. The molecule has 0 unspecified atom stereocenters. The van der Waals surface area contributed by atoms with Gasteiger partial charge in [0, 0.05) is 76.2 Å². The Balaban J connectivity index is 1.17. The molecule has 0 spiro atoms. The van der Waals surface area contributed by atoms with Crippen LogP contribution < -0.4 is 26.2 Å². The molecule has 0 fully saturated rings. The number of benzene rings is 8. The van der Waals surface area contributed by atoms with Crippen LogP contribution in [0.25, 0.3) is 48.0 Å². The van der Waals surface area contributed by atoms with Crippen molar-refractivity contribution in [2.24, 2.45) is 0 Å². The number of nitrogens with zero attached hydrogens (tertiary/aromatic N) is 3. The highest BCUT2D eigenvalue weighted by atomic mass is 32.1. The van der Waals surface area contributed by atoms with E-state index in [0.717, 1.165) is 17.1 Å². The monoisotopic (exact) mass is 982 g/mol. The maximum absolute atomic E-state index is 2.73. The lowest BCUT2D eigenvalue weighted by molar-refractivity contribution is 0.590. The van der Waals surface area contributed by atoms with E-state index < -0.39 is 0 Å². The van der Waals surface area contributed by atoms with Gasteiger partial charge in [-0.05, 0) is 144 Å². The molecule has 0 amide bonds. The first-order chi connectivity index (χ1) is 35.0. The third-order valence-electron chi connectivity index (χ3n) is 17.0. The summed E-state index contributed by atoms with van der Waals surface area (Å²) in [6.07, 6.45) is 0. The van der Waals surface area contributed by atoms with Gasteiger partial charge < -0.3 is 14.4 Å². The lowest BCUT2D eigenvalue weighted by Crippen LogP contribution is -2.60. The average molecular weight is 982 g/mol. The lowest BCUT2D eigenvalue weighted by Gasteiger charge is -2.42. The first-order valence-electron chi connectivity index (χ1n) is 26.9. The zero-order valence-electron chi connectivity index (χ0n) is 45.8. The molecule has 2 aromatic heterocycles. The molecule has 3 aliphatic rings. The number of thiophene rings is 1.